The van der Waals surface area contributed by atoms with Gasteiger partial charge in [-0.15, -0.1) is 5.10 Å². The summed E-state index contributed by atoms with van der Waals surface area (Å²) in [5, 5.41) is 10.6. The molecule has 2 aromatic rings. The van der Waals surface area contributed by atoms with E-state index in [2.05, 4.69) is 20.5 Å². The SMILES string of the molecule is O=C(CSc1n[nH]c(C2CC2)n1)Nc1ccc2c(c1)OCCCO2. The molecular formula is C16H18N4O3S. The number of hydrogen-bond acceptors (Lipinski definition) is 6. The van der Waals surface area contributed by atoms with Crippen LogP contribution in [0.3, 0.4) is 0 Å². The van der Waals surface area contributed by atoms with Crippen LogP contribution in [0.1, 0.15) is 31.0 Å². The minimum atomic E-state index is -0.104. The standard InChI is InChI=1S/C16H18N4O3S/c21-14(9-24-16-18-15(19-20-16)10-2-3-10)17-11-4-5-12-13(8-11)23-7-1-6-22-12/h4-5,8,10H,1-3,6-7,9H2,(H,17,21)(H,18,19,20). The molecule has 2 N–H and O–H groups in total. The summed E-state index contributed by atoms with van der Waals surface area (Å²) in [4.78, 5) is 16.5. The van der Waals surface area contributed by atoms with Gasteiger partial charge in [-0.05, 0) is 25.0 Å². The van der Waals surface area contributed by atoms with Crippen molar-refractivity contribution in [2.24, 2.45) is 0 Å². The summed E-state index contributed by atoms with van der Waals surface area (Å²) in [7, 11) is 0. The quantitative estimate of drug-likeness (QED) is 0.809. The Hall–Kier alpha value is -2.22. The highest BCUT2D eigenvalue weighted by molar-refractivity contribution is 7.99. The van der Waals surface area contributed by atoms with Gasteiger partial charge < -0.3 is 14.8 Å². The molecule has 0 radical (unpaired) electrons. The number of benzene rings is 1. The fourth-order valence-corrected chi connectivity index (χ4v) is 3.04. The number of H-pyrrole nitrogens is 1. The number of ether oxygens (including phenoxy) is 2. The topological polar surface area (TPSA) is 89.1 Å². The number of fused-ring (bicyclic) bond motifs is 1. The van der Waals surface area contributed by atoms with Crippen molar-refractivity contribution in [2.75, 3.05) is 24.3 Å². The van der Waals surface area contributed by atoms with E-state index >= 15 is 0 Å². The van der Waals surface area contributed by atoms with E-state index < -0.39 is 0 Å². The number of carbonyl (C=O) groups excluding carboxylic acids is 1. The molecule has 7 nitrogen and oxygen atoms in total. The van der Waals surface area contributed by atoms with Crippen molar-refractivity contribution >= 4 is 23.4 Å². The van der Waals surface area contributed by atoms with E-state index in [0.29, 0.717) is 41.5 Å². The van der Waals surface area contributed by atoms with Gasteiger partial charge in [0.05, 0.1) is 19.0 Å². The van der Waals surface area contributed by atoms with Gasteiger partial charge in [-0.2, -0.15) is 0 Å². The Morgan fingerprint density at radius 1 is 1.29 bits per heavy atom. The maximum absolute atomic E-state index is 12.1. The zero-order chi connectivity index (χ0) is 16.4. The molecule has 0 bridgehead atoms. The predicted molar refractivity (Wildman–Crippen MR) is 89.8 cm³/mol. The third-order valence-corrected chi connectivity index (χ3v) is 4.66. The molecule has 1 aromatic heterocycles. The van der Waals surface area contributed by atoms with Crippen LogP contribution in [0.5, 0.6) is 11.5 Å². The molecule has 4 rings (SSSR count). The van der Waals surface area contributed by atoms with E-state index in [1.165, 1.54) is 24.6 Å². The molecule has 0 unspecified atom stereocenters. The van der Waals surface area contributed by atoms with E-state index in [-0.39, 0.29) is 11.7 Å². The first-order valence-electron chi connectivity index (χ1n) is 8.02. The molecular weight excluding hydrogens is 328 g/mol. The van der Waals surface area contributed by atoms with Crippen LogP contribution in [0.2, 0.25) is 0 Å². The van der Waals surface area contributed by atoms with Crippen LogP contribution in [0.15, 0.2) is 23.4 Å². The summed E-state index contributed by atoms with van der Waals surface area (Å²) in [6.45, 7) is 1.27. The molecule has 24 heavy (non-hydrogen) atoms. The van der Waals surface area contributed by atoms with Crippen LogP contribution in [-0.2, 0) is 4.79 Å². The lowest BCUT2D eigenvalue weighted by molar-refractivity contribution is -0.113. The maximum Gasteiger partial charge on any atom is 0.234 e. The van der Waals surface area contributed by atoms with E-state index in [4.69, 9.17) is 9.47 Å². The maximum atomic E-state index is 12.1. The number of aromatic nitrogens is 3. The summed E-state index contributed by atoms with van der Waals surface area (Å²) in [6.07, 6.45) is 3.19. The van der Waals surface area contributed by atoms with Gasteiger partial charge in [0.1, 0.15) is 5.82 Å². The molecule has 8 heteroatoms. The summed E-state index contributed by atoms with van der Waals surface area (Å²) in [5.41, 5.74) is 0.693. The van der Waals surface area contributed by atoms with Crippen molar-refractivity contribution in [1.29, 1.82) is 0 Å². The van der Waals surface area contributed by atoms with Crippen molar-refractivity contribution in [3.05, 3.63) is 24.0 Å². The number of carbonyl (C=O) groups is 1. The molecule has 2 aliphatic rings. The second-order valence-corrected chi connectivity index (χ2v) is 6.77. The van der Waals surface area contributed by atoms with Gasteiger partial charge >= 0.3 is 0 Å². The number of hydrogen-bond donors (Lipinski definition) is 2. The average Bonchev–Trinajstić information content (AvgIpc) is 3.36. The molecule has 0 atom stereocenters. The minimum absolute atomic E-state index is 0.104. The normalized spacial score (nSPS) is 16.5. The van der Waals surface area contributed by atoms with E-state index in [1.807, 2.05) is 12.1 Å². The first kappa shape index (κ1) is 15.3. The number of nitrogens with one attached hydrogen (secondary N) is 2. The molecule has 1 aliphatic heterocycles. The second-order valence-electron chi connectivity index (χ2n) is 5.83. The fraction of sp³-hybridized carbons (Fsp3) is 0.438. The second kappa shape index (κ2) is 6.72. The van der Waals surface area contributed by atoms with Crippen molar-refractivity contribution in [3.8, 4) is 11.5 Å². The summed E-state index contributed by atoms with van der Waals surface area (Å²) in [6, 6.07) is 5.43. The molecule has 2 heterocycles. The van der Waals surface area contributed by atoms with Gasteiger partial charge in [-0.1, -0.05) is 11.8 Å². The number of anilines is 1. The zero-order valence-electron chi connectivity index (χ0n) is 13.1. The van der Waals surface area contributed by atoms with Crippen molar-refractivity contribution in [3.63, 3.8) is 0 Å². The molecule has 126 valence electrons. The predicted octanol–water partition coefficient (Wildman–Crippen LogP) is 2.57. The van der Waals surface area contributed by atoms with Gasteiger partial charge in [0.15, 0.2) is 11.5 Å². The smallest absolute Gasteiger partial charge is 0.234 e. The van der Waals surface area contributed by atoms with Crippen molar-refractivity contribution < 1.29 is 14.3 Å². The molecule has 1 saturated carbocycles. The molecule has 1 aliphatic carbocycles. The fourth-order valence-electron chi connectivity index (χ4n) is 2.43. The molecule has 1 fully saturated rings. The third kappa shape index (κ3) is 3.64. The van der Waals surface area contributed by atoms with Crippen LogP contribution in [0.4, 0.5) is 5.69 Å². The molecule has 1 aromatic carbocycles. The van der Waals surface area contributed by atoms with Crippen LogP contribution in [0, 0.1) is 0 Å². The third-order valence-electron chi connectivity index (χ3n) is 3.81. The summed E-state index contributed by atoms with van der Waals surface area (Å²) in [5.74, 6) is 3.00. The summed E-state index contributed by atoms with van der Waals surface area (Å²) < 4.78 is 11.2. The Morgan fingerprint density at radius 3 is 2.96 bits per heavy atom. The highest BCUT2D eigenvalue weighted by atomic mass is 32.2. The van der Waals surface area contributed by atoms with Gasteiger partial charge in [-0.3, -0.25) is 9.89 Å². The molecule has 0 saturated heterocycles. The minimum Gasteiger partial charge on any atom is -0.490 e. The largest absolute Gasteiger partial charge is 0.490 e. The Kier molecular flexibility index (Phi) is 4.29. The number of nitrogens with zero attached hydrogens (tertiary/aromatic N) is 2. The van der Waals surface area contributed by atoms with Gasteiger partial charge in [-0.25, -0.2) is 4.98 Å². The summed E-state index contributed by atoms with van der Waals surface area (Å²) >= 11 is 1.32. The number of rotatable bonds is 5. The van der Waals surface area contributed by atoms with Crippen LogP contribution in [-0.4, -0.2) is 40.1 Å². The Bertz CT molecular complexity index is 745. The Balaban J connectivity index is 1.32. The van der Waals surface area contributed by atoms with Crippen LogP contribution >= 0.6 is 11.8 Å². The van der Waals surface area contributed by atoms with Gasteiger partial charge in [0, 0.05) is 24.1 Å². The van der Waals surface area contributed by atoms with Crippen LogP contribution < -0.4 is 14.8 Å². The van der Waals surface area contributed by atoms with E-state index in [1.54, 1.807) is 6.07 Å². The lowest BCUT2D eigenvalue weighted by Gasteiger charge is -2.10. The Morgan fingerprint density at radius 2 is 2.12 bits per heavy atom. The number of aromatic amines is 1. The highest BCUT2D eigenvalue weighted by Gasteiger charge is 2.27. The van der Waals surface area contributed by atoms with Gasteiger partial charge in [0.25, 0.3) is 0 Å². The van der Waals surface area contributed by atoms with Crippen molar-refractivity contribution in [1.82, 2.24) is 15.2 Å². The molecule has 0 spiro atoms. The monoisotopic (exact) mass is 346 g/mol. The number of thioether (sulfide) groups is 1. The zero-order valence-corrected chi connectivity index (χ0v) is 13.9. The van der Waals surface area contributed by atoms with Crippen molar-refractivity contribution in [2.45, 2.75) is 30.3 Å². The number of amides is 1. The Labute approximate surface area is 143 Å². The molecule has 1 amide bonds. The average molecular weight is 346 g/mol. The lowest BCUT2D eigenvalue weighted by atomic mass is 10.2. The van der Waals surface area contributed by atoms with E-state index in [9.17, 15) is 4.79 Å². The first-order valence-corrected chi connectivity index (χ1v) is 9.01. The van der Waals surface area contributed by atoms with Gasteiger partial charge in [0.2, 0.25) is 11.1 Å². The van der Waals surface area contributed by atoms with Crippen LogP contribution in [0.25, 0.3) is 0 Å². The highest BCUT2D eigenvalue weighted by Crippen LogP contribution is 2.38. The van der Waals surface area contributed by atoms with E-state index in [0.717, 1.165) is 12.2 Å². The first-order chi connectivity index (χ1) is 11.8. The lowest BCUT2D eigenvalue weighted by Crippen LogP contribution is -2.14.